The number of hydrogen-bond acceptors (Lipinski definition) is 6. The van der Waals surface area contributed by atoms with E-state index in [0.717, 1.165) is 5.56 Å². The number of rotatable bonds is 2. The van der Waals surface area contributed by atoms with E-state index in [-0.39, 0.29) is 0 Å². The Bertz CT molecular complexity index is 328. The molecule has 0 aliphatic carbocycles. The van der Waals surface area contributed by atoms with Crippen LogP contribution in [0.3, 0.4) is 0 Å². The summed E-state index contributed by atoms with van der Waals surface area (Å²) < 4.78 is 0. The van der Waals surface area contributed by atoms with Crippen LogP contribution in [-0.4, -0.2) is 0 Å². The summed E-state index contributed by atoms with van der Waals surface area (Å²) in [6.45, 7) is 1.85. The maximum Gasteiger partial charge on any atom is 0.142 e. The molecule has 6 heteroatoms. The highest BCUT2D eigenvalue weighted by Crippen LogP contribution is 2.16. The summed E-state index contributed by atoms with van der Waals surface area (Å²) >= 11 is 0. The van der Waals surface area contributed by atoms with Gasteiger partial charge in [0.25, 0.3) is 0 Å². The molecule has 0 aliphatic rings. The smallest absolute Gasteiger partial charge is 0.142 e. The zero-order chi connectivity index (χ0) is 11.9. The Hall–Kier alpha value is -1.02. The third-order valence-electron chi connectivity index (χ3n) is 2.08. The van der Waals surface area contributed by atoms with Gasteiger partial charge in [0.15, 0.2) is 0 Å². The van der Waals surface area contributed by atoms with Crippen molar-refractivity contribution in [2.24, 2.45) is 34.4 Å². The number of nitrogens with two attached hydrogens (primary N) is 6. The lowest BCUT2D eigenvalue weighted by atomic mass is 9.99. The van der Waals surface area contributed by atoms with Crippen molar-refractivity contribution >= 4 is 0 Å². The Morgan fingerprint density at radius 2 is 1.07 bits per heavy atom. The molecular weight excluding hydrogens is 192 g/mol. The molecule has 1 rings (SSSR count). The standard InChI is InChI=1S/C9H18N6/c1-5-2-6(8(10,11)12)4-7(3-5)9(13,14)15/h2-4H,10-15H2,1H3. The van der Waals surface area contributed by atoms with Crippen molar-refractivity contribution in [3.63, 3.8) is 0 Å². The van der Waals surface area contributed by atoms with Crippen LogP contribution in [0, 0.1) is 6.92 Å². The summed E-state index contributed by atoms with van der Waals surface area (Å²) in [5.41, 5.74) is 35.4. The largest absolute Gasteiger partial charge is 0.297 e. The van der Waals surface area contributed by atoms with E-state index in [2.05, 4.69) is 0 Å². The van der Waals surface area contributed by atoms with Crippen LogP contribution in [0.2, 0.25) is 0 Å². The van der Waals surface area contributed by atoms with E-state index < -0.39 is 11.6 Å². The van der Waals surface area contributed by atoms with E-state index in [1.165, 1.54) is 0 Å². The molecule has 0 heterocycles. The van der Waals surface area contributed by atoms with E-state index in [1.54, 1.807) is 18.2 Å². The van der Waals surface area contributed by atoms with Crippen molar-refractivity contribution in [3.05, 3.63) is 34.9 Å². The molecule has 0 amide bonds. The highest BCUT2D eigenvalue weighted by atomic mass is 15.1. The van der Waals surface area contributed by atoms with Gasteiger partial charge in [-0.3, -0.25) is 34.4 Å². The third kappa shape index (κ3) is 2.96. The summed E-state index contributed by atoms with van der Waals surface area (Å²) in [5, 5.41) is 0. The van der Waals surface area contributed by atoms with Crippen molar-refractivity contribution in [3.8, 4) is 0 Å². The number of benzene rings is 1. The maximum atomic E-state index is 5.57. The fraction of sp³-hybridized carbons (Fsp3) is 0.333. The van der Waals surface area contributed by atoms with Crippen LogP contribution in [0.1, 0.15) is 16.7 Å². The molecule has 15 heavy (non-hydrogen) atoms. The summed E-state index contributed by atoms with van der Waals surface area (Å²) in [5.74, 6) is -2.85. The Balaban J connectivity index is 3.30. The first-order valence-corrected chi connectivity index (χ1v) is 4.46. The maximum absolute atomic E-state index is 5.57. The van der Waals surface area contributed by atoms with Crippen molar-refractivity contribution in [2.45, 2.75) is 18.5 Å². The molecule has 0 atom stereocenters. The summed E-state index contributed by atoms with van der Waals surface area (Å²) in [6.07, 6.45) is 0. The molecule has 1 aromatic rings. The molecular formula is C9H18N6. The zero-order valence-electron chi connectivity index (χ0n) is 8.70. The Morgan fingerprint density at radius 3 is 1.33 bits per heavy atom. The van der Waals surface area contributed by atoms with E-state index in [0.29, 0.717) is 11.1 Å². The molecule has 0 radical (unpaired) electrons. The summed E-state index contributed by atoms with van der Waals surface area (Å²) in [4.78, 5) is 0. The first kappa shape index (κ1) is 12.1. The van der Waals surface area contributed by atoms with Gasteiger partial charge < -0.3 is 0 Å². The monoisotopic (exact) mass is 210 g/mol. The fourth-order valence-corrected chi connectivity index (χ4v) is 1.28. The van der Waals surface area contributed by atoms with Crippen LogP contribution in [0.4, 0.5) is 0 Å². The van der Waals surface area contributed by atoms with Crippen molar-refractivity contribution in [1.29, 1.82) is 0 Å². The van der Waals surface area contributed by atoms with E-state index >= 15 is 0 Å². The molecule has 0 fully saturated rings. The lowest BCUT2D eigenvalue weighted by Crippen LogP contribution is -2.56. The van der Waals surface area contributed by atoms with Gasteiger partial charge in [0.05, 0.1) is 0 Å². The second-order valence-electron chi connectivity index (χ2n) is 3.95. The van der Waals surface area contributed by atoms with Crippen molar-refractivity contribution < 1.29 is 0 Å². The first-order chi connectivity index (χ1) is 6.60. The zero-order valence-corrected chi connectivity index (χ0v) is 8.70. The molecule has 12 N–H and O–H groups in total. The van der Waals surface area contributed by atoms with Gasteiger partial charge in [-0.15, -0.1) is 0 Å². The lowest BCUT2D eigenvalue weighted by molar-refractivity contribution is 0.470. The quantitative estimate of drug-likeness (QED) is 0.309. The topological polar surface area (TPSA) is 156 Å². The SMILES string of the molecule is Cc1cc(C(N)(N)N)cc(C(N)(N)N)c1. The normalized spacial score (nSPS) is 13.0. The third-order valence-corrected chi connectivity index (χ3v) is 2.08. The minimum atomic E-state index is -1.42. The lowest BCUT2D eigenvalue weighted by Gasteiger charge is -2.25. The second-order valence-corrected chi connectivity index (χ2v) is 3.95. The number of hydrogen-bond donors (Lipinski definition) is 6. The van der Waals surface area contributed by atoms with Gasteiger partial charge in [0, 0.05) is 11.1 Å². The van der Waals surface area contributed by atoms with Gasteiger partial charge in [-0.2, -0.15) is 0 Å². The average Bonchev–Trinajstić information content (AvgIpc) is 1.99. The second kappa shape index (κ2) is 3.53. The molecule has 0 bridgehead atoms. The number of aryl methyl sites for hydroxylation is 1. The predicted molar refractivity (Wildman–Crippen MR) is 59.7 cm³/mol. The predicted octanol–water partition coefficient (Wildman–Crippen LogP) is -2.03. The van der Waals surface area contributed by atoms with Crippen LogP contribution in [0.15, 0.2) is 18.2 Å². The van der Waals surface area contributed by atoms with E-state index in [4.69, 9.17) is 34.4 Å². The van der Waals surface area contributed by atoms with Gasteiger partial charge in [0.1, 0.15) is 11.6 Å². The molecule has 84 valence electrons. The van der Waals surface area contributed by atoms with E-state index in [9.17, 15) is 0 Å². The molecule has 0 saturated carbocycles. The van der Waals surface area contributed by atoms with Crippen LogP contribution < -0.4 is 34.4 Å². The Labute approximate surface area is 88.6 Å². The van der Waals surface area contributed by atoms with E-state index in [1.807, 2.05) is 6.92 Å². The fourth-order valence-electron chi connectivity index (χ4n) is 1.28. The van der Waals surface area contributed by atoms with Gasteiger partial charge in [0.2, 0.25) is 0 Å². The van der Waals surface area contributed by atoms with Gasteiger partial charge in [-0.25, -0.2) is 0 Å². The molecule has 0 aromatic heterocycles. The van der Waals surface area contributed by atoms with Crippen molar-refractivity contribution in [2.75, 3.05) is 0 Å². The Morgan fingerprint density at radius 1 is 0.733 bits per heavy atom. The van der Waals surface area contributed by atoms with Crippen LogP contribution >= 0.6 is 0 Å². The highest BCUT2D eigenvalue weighted by molar-refractivity contribution is 5.35. The molecule has 1 aromatic carbocycles. The highest BCUT2D eigenvalue weighted by Gasteiger charge is 2.21. The molecule has 0 unspecified atom stereocenters. The molecule has 0 saturated heterocycles. The van der Waals surface area contributed by atoms with Crippen molar-refractivity contribution in [1.82, 2.24) is 0 Å². The van der Waals surface area contributed by atoms with Gasteiger partial charge >= 0.3 is 0 Å². The summed E-state index contributed by atoms with van der Waals surface area (Å²) in [7, 11) is 0. The minimum Gasteiger partial charge on any atom is -0.297 e. The van der Waals surface area contributed by atoms with Gasteiger partial charge in [-0.05, 0) is 13.0 Å². The van der Waals surface area contributed by atoms with Gasteiger partial charge in [-0.1, -0.05) is 17.7 Å². The Kier molecular flexibility index (Phi) is 2.83. The van der Waals surface area contributed by atoms with Crippen LogP contribution in [0.25, 0.3) is 0 Å². The first-order valence-electron chi connectivity index (χ1n) is 4.46. The average molecular weight is 210 g/mol. The van der Waals surface area contributed by atoms with Crippen LogP contribution in [-0.2, 0) is 11.6 Å². The molecule has 0 aliphatic heterocycles. The molecule has 6 nitrogen and oxygen atoms in total. The minimum absolute atomic E-state index is 0.531. The van der Waals surface area contributed by atoms with Crippen LogP contribution in [0.5, 0.6) is 0 Å². The molecule has 0 spiro atoms. The summed E-state index contributed by atoms with van der Waals surface area (Å²) in [6, 6.07) is 5.12.